The lowest BCUT2D eigenvalue weighted by Gasteiger charge is -2.29. The van der Waals surface area contributed by atoms with Gasteiger partial charge in [0.15, 0.2) is 9.84 Å². The summed E-state index contributed by atoms with van der Waals surface area (Å²) in [4.78, 5) is 11.7. The molecule has 122 valence electrons. The minimum absolute atomic E-state index is 0.0147. The van der Waals surface area contributed by atoms with Crippen molar-refractivity contribution in [2.75, 3.05) is 18.8 Å². The molecule has 2 aliphatic rings. The second-order valence-electron chi connectivity index (χ2n) is 5.60. The monoisotopic (exact) mass is 339 g/mol. The number of nitrogens with zero attached hydrogens (tertiary/aromatic N) is 1. The van der Waals surface area contributed by atoms with Crippen LogP contribution >= 0.6 is 0 Å². The van der Waals surface area contributed by atoms with Crippen LogP contribution < -0.4 is 10.0 Å². The highest BCUT2D eigenvalue weighted by atomic mass is 32.2. The van der Waals surface area contributed by atoms with Gasteiger partial charge < -0.3 is 5.32 Å². The number of carbonyl (C=O) groups is 1. The van der Waals surface area contributed by atoms with E-state index in [1.54, 1.807) is 0 Å². The summed E-state index contributed by atoms with van der Waals surface area (Å²) in [6.07, 6.45) is 3.76. The van der Waals surface area contributed by atoms with Crippen LogP contribution in [0.5, 0.6) is 0 Å². The van der Waals surface area contributed by atoms with E-state index >= 15 is 0 Å². The molecule has 2 rings (SSSR count). The summed E-state index contributed by atoms with van der Waals surface area (Å²) in [5, 5.41) is 1.86. The van der Waals surface area contributed by atoms with Gasteiger partial charge in [-0.2, -0.15) is 12.7 Å². The Morgan fingerprint density at radius 3 is 2.43 bits per heavy atom. The summed E-state index contributed by atoms with van der Waals surface area (Å²) in [5.74, 6) is -0.223. The van der Waals surface area contributed by atoms with Crippen molar-refractivity contribution in [2.45, 2.75) is 43.9 Å². The first-order valence-corrected chi connectivity index (χ1v) is 10.2. The summed E-state index contributed by atoms with van der Waals surface area (Å²) >= 11 is 0. The number of rotatable bonds is 3. The average Bonchev–Trinajstić information content (AvgIpc) is 2.84. The Kier molecular flexibility index (Phi) is 4.79. The van der Waals surface area contributed by atoms with Crippen LogP contribution in [0.15, 0.2) is 0 Å². The molecule has 1 heterocycles. The molecule has 0 spiro atoms. The maximum absolute atomic E-state index is 12.1. The molecule has 10 heteroatoms. The maximum Gasteiger partial charge on any atom is 0.329 e. The smallest absolute Gasteiger partial charge is 0.329 e. The predicted octanol–water partition coefficient (Wildman–Crippen LogP) is -0.408. The third-order valence-electron chi connectivity index (χ3n) is 3.95. The SMILES string of the molecule is CC1CN(S(=O)(=O)NC(=O)NC2CCCC2)CCS1(=O)=O. The van der Waals surface area contributed by atoms with Crippen molar-refractivity contribution >= 4 is 26.1 Å². The Bertz CT molecular complexity index is 595. The van der Waals surface area contributed by atoms with Crippen molar-refractivity contribution in [3.63, 3.8) is 0 Å². The van der Waals surface area contributed by atoms with E-state index in [0.717, 1.165) is 30.0 Å². The number of hydrogen-bond donors (Lipinski definition) is 2. The summed E-state index contributed by atoms with van der Waals surface area (Å²) in [6, 6.07) is -0.733. The van der Waals surface area contributed by atoms with E-state index in [-0.39, 0.29) is 24.9 Å². The quantitative estimate of drug-likeness (QED) is 0.726. The van der Waals surface area contributed by atoms with Gasteiger partial charge in [0.1, 0.15) is 0 Å². The molecular formula is C11H21N3O5S2. The first kappa shape index (κ1) is 16.5. The summed E-state index contributed by atoms with van der Waals surface area (Å²) in [7, 11) is -7.24. The molecule has 1 saturated carbocycles. The zero-order chi connectivity index (χ0) is 15.7. The predicted molar refractivity (Wildman–Crippen MR) is 77.7 cm³/mol. The van der Waals surface area contributed by atoms with Crippen molar-refractivity contribution < 1.29 is 21.6 Å². The van der Waals surface area contributed by atoms with E-state index in [2.05, 4.69) is 5.32 Å². The first-order chi connectivity index (χ1) is 9.71. The molecule has 0 bridgehead atoms. The summed E-state index contributed by atoms with van der Waals surface area (Å²) in [6.45, 7) is 1.21. The highest BCUT2D eigenvalue weighted by molar-refractivity contribution is 7.92. The van der Waals surface area contributed by atoms with Gasteiger partial charge in [0.25, 0.3) is 0 Å². The molecular weight excluding hydrogens is 318 g/mol. The molecule has 2 amide bonds. The van der Waals surface area contributed by atoms with Gasteiger partial charge in [0.05, 0.1) is 11.0 Å². The average molecular weight is 339 g/mol. The molecule has 0 aromatic carbocycles. The Morgan fingerprint density at radius 2 is 1.86 bits per heavy atom. The summed E-state index contributed by atoms with van der Waals surface area (Å²) < 4.78 is 50.3. The Hall–Kier alpha value is -0.870. The lowest BCUT2D eigenvalue weighted by atomic mass is 10.3. The van der Waals surface area contributed by atoms with Gasteiger partial charge >= 0.3 is 16.2 Å². The van der Waals surface area contributed by atoms with Crippen LogP contribution in [-0.2, 0) is 20.0 Å². The molecule has 1 atom stereocenters. The third-order valence-corrected chi connectivity index (χ3v) is 7.53. The number of carbonyl (C=O) groups excluding carboxylic acids is 1. The Balaban J connectivity index is 1.93. The second kappa shape index (κ2) is 6.09. The van der Waals surface area contributed by atoms with Crippen molar-refractivity contribution in [3.05, 3.63) is 0 Å². The van der Waals surface area contributed by atoms with Crippen LogP contribution in [0.1, 0.15) is 32.6 Å². The van der Waals surface area contributed by atoms with E-state index in [9.17, 15) is 21.6 Å². The fourth-order valence-electron chi connectivity index (χ4n) is 2.61. The van der Waals surface area contributed by atoms with Gasteiger partial charge in [-0.1, -0.05) is 12.8 Å². The van der Waals surface area contributed by atoms with E-state index in [4.69, 9.17) is 0 Å². The van der Waals surface area contributed by atoms with Crippen molar-refractivity contribution in [2.24, 2.45) is 0 Å². The zero-order valence-corrected chi connectivity index (χ0v) is 13.5. The number of nitrogens with one attached hydrogen (secondary N) is 2. The van der Waals surface area contributed by atoms with Crippen LogP contribution in [0.25, 0.3) is 0 Å². The molecule has 8 nitrogen and oxygen atoms in total. The number of urea groups is 1. The normalized spacial score (nSPS) is 27.4. The molecule has 0 aromatic rings. The van der Waals surface area contributed by atoms with E-state index in [1.807, 2.05) is 4.72 Å². The third kappa shape index (κ3) is 4.07. The fourth-order valence-corrected chi connectivity index (χ4v) is 5.27. The zero-order valence-electron chi connectivity index (χ0n) is 11.9. The highest BCUT2D eigenvalue weighted by Crippen LogP contribution is 2.18. The standard InChI is InChI=1S/C11H21N3O5S2/c1-9-8-14(6-7-20(9,16)17)21(18,19)13-11(15)12-10-4-2-3-5-10/h9-10H,2-8H2,1H3,(H2,12,13,15). The Morgan fingerprint density at radius 1 is 1.24 bits per heavy atom. The molecule has 1 aliphatic heterocycles. The minimum Gasteiger partial charge on any atom is -0.335 e. The second-order valence-corrected chi connectivity index (χ2v) is 9.81. The van der Waals surface area contributed by atoms with Crippen LogP contribution in [0.2, 0.25) is 0 Å². The Labute approximate surface area is 125 Å². The van der Waals surface area contributed by atoms with Crippen molar-refractivity contribution in [3.8, 4) is 0 Å². The number of hydrogen-bond acceptors (Lipinski definition) is 5. The number of sulfone groups is 1. The van der Waals surface area contributed by atoms with E-state index < -0.39 is 31.3 Å². The molecule has 1 saturated heterocycles. The maximum atomic E-state index is 12.1. The van der Waals surface area contributed by atoms with E-state index in [1.165, 1.54) is 6.92 Å². The van der Waals surface area contributed by atoms with Crippen LogP contribution in [-0.4, -0.2) is 57.3 Å². The molecule has 1 aliphatic carbocycles. The molecule has 0 radical (unpaired) electrons. The van der Waals surface area contributed by atoms with Gasteiger partial charge in [-0.05, 0) is 19.8 Å². The highest BCUT2D eigenvalue weighted by Gasteiger charge is 2.36. The molecule has 1 unspecified atom stereocenters. The lowest BCUT2D eigenvalue weighted by Crippen LogP contribution is -2.54. The molecule has 2 fully saturated rings. The largest absolute Gasteiger partial charge is 0.335 e. The minimum atomic E-state index is -4.00. The number of amides is 2. The topological polar surface area (TPSA) is 113 Å². The van der Waals surface area contributed by atoms with Gasteiger partial charge in [0, 0.05) is 19.1 Å². The molecule has 0 aromatic heterocycles. The van der Waals surface area contributed by atoms with Crippen LogP contribution in [0.3, 0.4) is 0 Å². The van der Waals surface area contributed by atoms with Gasteiger partial charge in [-0.3, -0.25) is 0 Å². The first-order valence-electron chi connectivity index (χ1n) is 7.01. The van der Waals surface area contributed by atoms with Gasteiger partial charge in [0.2, 0.25) is 0 Å². The fraction of sp³-hybridized carbons (Fsp3) is 0.909. The summed E-state index contributed by atoms with van der Waals surface area (Å²) in [5.41, 5.74) is 0. The van der Waals surface area contributed by atoms with Crippen LogP contribution in [0, 0.1) is 0 Å². The lowest BCUT2D eigenvalue weighted by molar-refractivity contribution is 0.241. The molecule has 21 heavy (non-hydrogen) atoms. The van der Waals surface area contributed by atoms with Crippen molar-refractivity contribution in [1.82, 2.24) is 14.3 Å². The van der Waals surface area contributed by atoms with Gasteiger partial charge in [-0.25, -0.2) is 17.9 Å². The molecule has 2 N–H and O–H groups in total. The van der Waals surface area contributed by atoms with E-state index in [0.29, 0.717) is 0 Å². The van der Waals surface area contributed by atoms with Crippen LogP contribution in [0.4, 0.5) is 4.79 Å². The van der Waals surface area contributed by atoms with Crippen molar-refractivity contribution in [1.29, 1.82) is 0 Å². The van der Waals surface area contributed by atoms with Gasteiger partial charge in [-0.15, -0.1) is 0 Å².